The lowest BCUT2D eigenvalue weighted by atomic mass is 10.4. The average molecular weight is 254 g/mol. The van der Waals surface area contributed by atoms with Crippen molar-refractivity contribution in [2.75, 3.05) is 26.5 Å². The second kappa shape index (κ2) is 7.02. The Labute approximate surface area is 102 Å². The highest BCUT2D eigenvalue weighted by molar-refractivity contribution is 7.67. The van der Waals surface area contributed by atoms with E-state index in [0.717, 1.165) is 5.30 Å². The molecule has 1 aromatic rings. The van der Waals surface area contributed by atoms with E-state index in [-0.39, 0.29) is 24.3 Å². The minimum Gasteiger partial charge on any atom is -0.469 e. The number of hydrogen-bond acceptors (Lipinski definition) is 4. The molecule has 0 aliphatic rings. The van der Waals surface area contributed by atoms with Crippen LogP contribution in [-0.4, -0.2) is 38.5 Å². The molecular weight excluding hydrogens is 239 g/mol. The summed E-state index contributed by atoms with van der Waals surface area (Å²) in [5.41, 5.74) is 0. The van der Waals surface area contributed by atoms with Gasteiger partial charge in [0.25, 0.3) is 0 Å². The summed E-state index contributed by atoms with van der Waals surface area (Å²) in [7, 11) is 1.80. The zero-order chi connectivity index (χ0) is 12.7. The van der Waals surface area contributed by atoms with Crippen LogP contribution in [0.15, 0.2) is 30.3 Å². The van der Waals surface area contributed by atoms with Gasteiger partial charge in [0.2, 0.25) is 0 Å². The fraction of sp³-hybridized carbons (Fsp3) is 0.333. The van der Waals surface area contributed by atoms with E-state index in [0.29, 0.717) is 0 Å². The summed E-state index contributed by atoms with van der Waals surface area (Å²) in [5, 5.41) is 0.998. The van der Waals surface area contributed by atoms with Crippen LogP contribution in [0, 0.1) is 0 Å². The van der Waals surface area contributed by atoms with Crippen LogP contribution in [0.4, 0.5) is 0 Å². The molecule has 92 valence electrons. The summed E-state index contributed by atoms with van der Waals surface area (Å²) in [4.78, 5) is 22.6. The monoisotopic (exact) mass is 254 g/mol. The molecule has 1 aromatic carbocycles. The third kappa shape index (κ3) is 4.53. The molecule has 0 atom stereocenters. The van der Waals surface area contributed by atoms with Crippen LogP contribution in [0.2, 0.25) is 0 Å². The molecule has 0 radical (unpaired) electrons. The molecule has 4 nitrogen and oxygen atoms in total. The lowest BCUT2D eigenvalue weighted by molar-refractivity contribution is -0.137. The van der Waals surface area contributed by atoms with Crippen molar-refractivity contribution in [3.8, 4) is 0 Å². The molecule has 0 spiro atoms. The Balaban J connectivity index is 2.79. The Hall–Kier alpha value is -1.41. The fourth-order valence-corrected chi connectivity index (χ4v) is 3.27. The lowest BCUT2D eigenvalue weighted by Gasteiger charge is -2.15. The van der Waals surface area contributed by atoms with Gasteiger partial charge in [-0.1, -0.05) is 38.3 Å². The zero-order valence-electron chi connectivity index (χ0n) is 9.88. The molecule has 0 bridgehead atoms. The van der Waals surface area contributed by atoms with Crippen LogP contribution in [0.25, 0.3) is 0 Å². The molecule has 0 aromatic heterocycles. The number of hydrogen-bond donors (Lipinski definition) is 0. The molecule has 17 heavy (non-hydrogen) atoms. The Morgan fingerprint density at radius 3 is 1.88 bits per heavy atom. The molecule has 0 N–H and O–H groups in total. The van der Waals surface area contributed by atoms with E-state index in [1.165, 1.54) is 14.2 Å². The van der Waals surface area contributed by atoms with Gasteiger partial charge in [-0.05, 0) is 5.30 Å². The predicted molar refractivity (Wildman–Crippen MR) is 66.8 cm³/mol. The molecule has 0 aliphatic heterocycles. The third-order valence-corrected chi connectivity index (χ3v) is 4.52. The summed E-state index contributed by atoms with van der Waals surface area (Å²) >= 11 is 0. The molecule has 0 fully saturated rings. The third-order valence-electron chi connectivity index (χ3n) is 2.22. The summed E-state index contributed by atoms with van der Waals surface area (Å²) in [6, 6.07) is 9.50. The van der Waals surface area contributed by atoms with Crippen LogP contribution >= 0.6 is 7.92 Å². The topological polar surface area (TPSA) is 52.6 Å². The van der Waals surface area contributed by atoms with Crippen molar-refractivity contribution in [2.45, 2.75) is 0 Å². The number of carbonyl (C=O) groups is 2. The first-order valence-corrected chi connectivity index (χ1v) is 6.82. The summed E-state index contributed by atoms with van der Waals surface area (Å²) in [6.07, 6.45) is 0.482. The van der Waals surface area contributed by atoms with Gasteiger partial charge in [0.05, 0.1) is 26.5 Å². The van der Waals surface area contributed by atoms with Gasteiger partial charge in [-0.25, -0.2) is 0 Å². The van der Waals surface area contributed by atoms with E-state index in [9.17, 15) is 9.59 Å². The maximum atomic E-state index is 11.3. The molecule has 0 unspecified atom stereocenters. The highest BCUT2D eigenvalue weighted by Gasteiger charge is 2.19. The Bertz CT molecular complexity index is 359. The predicted octanol–water partition coefficient (Wildman–Crippen LogP) is 1.14. The number of methoxy groups -OCH3 is 2. The Kier molecular flexibility index (Phi) is 5.64. The van der Waals surface area contributed by atoms with Crippen molar-refractivity contribution in [2.24, 2.45) is 0 Å². The van der Waals surface area contributed by atoms with Crippen LogP contribution in [-0.2, 0) is 19.1 Å². The van der Waals surface area contributed by atoms with Gasteiger partial charge in [-0.15, -0.1) is 0 Å². The number of carbonyl (C=O) groups excluding carboxylic acids is 2. The van der Waals surface area contributed by atoms with E-state index in [4.69, 9.17) is 0 Å². The van der Waals surface area contributed by atoms with E-state index >= 15 is 0 Å². The minimum absolute atomic E-state index is 0.241. The van der Waals surface area contributed by atoms with Gasteiger partial charge >= 0.3 is 11.9 Å². The molecule has 0 heterocycles. The highest BCUT2D eigenvalue weighted by atomic mass is 31.1. The molecule has 0 saturated carbocycles. The van der Waals surface area contributed by atoms with Crippen LogP contribution in [0.3, 0.4) is 0 Å². The fourth-order valence-electron chi connectivity index (χ4n) is 1.32. The van der Waals surface area contributed by atoms with Crippen molar-refractivity contribution in [3.05, 3.63) is 30.3 Å². The van der Waals surface area contributed by atoms with E-state index in [1.807, 2.05) is 30.3 Å². The second-order valence-corrected chi connectivity index (χ2v) is 5.57. The van der Waals surface area contributed by atoms with Gasteiger partial charge in [-0.3, -0.25) is 9.59 Å². The van der Waals surface area contributed by atoms with E-state index < -0.39 is 7.92 Å². The summed E-state index contributed by atoms with van der Waals surface area (Å²) in [6.45, 7) is 0. The van der Waals surface area contributed by atoms with Gasteiger partial charge in [0.15, 0.2) is 0 Å². The molecule has 0 saturated heterocycles. The standard InChI is InChI=1S/C12H15O4P/c1-15-11(13)8-17(9-12(14)16-2)10-6-4-3-5-7-10/h3-7H,8-9H2,1-2H3. The lowest BCUT2D eigenvalue weighted by Crippen LogP contribution is -2.18. The molecule has 0 amide bonds. The Morgan fingerprint density at radius 2 is 1.47 bits per heavy atom. The smallest absolute Gasteiger partial charge is 0.310 e. The maximum Gasteiger partial charge on any atom is 0.310 e. The van der Waals surface area contributed by atoms with Gasteiger partial charge < -0.3 is 9.47 Å². The number of esters is 2. The maximum absolute atomic E-state index is 11.3. The van der Waals surface area contributed by atoms with Crippen LogP contribution in [0.5, 0.6) is 0 Å². The number of benzene rings is 1. The first kappa shape index (κ1) is 13.7. The van der Waals surface area contributed by atoms with Gasteiger partial charge in [0.1, 0.15) is 0 Å². The number of ether oxygens (including phenoxy) is 2. The minimum atomic E-state index is -0.895. The van der Waals surface area contributed by atoms with Crippen molar-refractivity contribution in [3.63, 3.8) is 0 Å². The van der Waals surface area contributed by atoms with Crippen LogP contribution in [0.1, 0.15) is 0 Å². The van der Waals surface area contributed by atoms with Crippen molar-refractivity contribution < 1.29 is 19.1 Å². The van der Waals surface area contributed by atoms with Crippen molar-refractivity contribution in [1.82, 2.24) is 0 Å². The largest absolute Gasteiger partial charge is 0.469 e. The highest BCUT2D eigenvalue weighted by Crippen LogP contribution is 2.34. The molecule has 1 rings (SSSR count). The molecule has 0 aliphatic carbocycles. The van der Waals surface area contributed by atoms with E-state index in [1.54, 1.807) is 0 Å². The first-order chi connectivity index (χ1) is 8.17. The van der Waals surface area contributed by atoms with Gasteiger partial charge in [0, 0.05) is 0 Å². The first-order valence-electron chi connectivity index (χ1n) is 5.11. The van der Waals surface area contributed by atoms with E-state index in [2.05, 4.69) is 9.47 Å². The summed E-state index contributed by atoms with van der Waals surface area (Å²) < 4.78 is 9.29. The van der Waals surface area contributed by atoms with Gasteiger partial charge in [-0.2, -0.15) is 0 Å². The zero-order valence-corrected chi connectivity index (χ0v) is 10.8. The number of rotatable bonds is 5. The van der Waals surface area contributed by atoms with Crippen molar-refractivity contribution >= 4 is 25.2 Å². The SMILES string of the molecule is COC(=O)CP(CC(=O)OC)c1ccccc1. The normalized spacial score (nSPS) is 10.1. The average Bonchev–Trinajstić information content (AvgIpc) is 2.38. The van der Waals surface area contributed by atoms with Crippen LogP contribution < -0.4 is 5.30 Å². The Morgan fingerprint density at radius 1 is 1.00 bits per heavy atom. The summed E-state index contributed by atoms with van der Waals surface area (Å²) in [5.74, 6) is -0.604. The molecular formula is C12H15O4P. The van der Waals surface area contributed by atoms with Crippen molar-refractivity contribution in [1.29, 1.82) is 0 Å². The quantitative estimate of drug-likeness (QED) is 0.584. The molecule has 5 heteroatoms. The second-order valence-electron chi connectivity index (χ2n) is 3.34.